The van der Waals surface area contributed by atoms with Gasteiger partial charge >= 0.3 is 6.16 Å². The molecule has 0 rings (SSSR count). The molecule has 0 aliphatic carbocycles. The van der Waals surface area contributed by atoms with Gasteiger partial charge in [-0.2, -0.15) is 0 Å². The predicted molar refractivity (Wildman–Crippen MR) is 35.8 cm³/mol. The molecule has 6 heteroatoms. The smallest absolute Gasteiger partial charge is 0.450 e. The molecular weight excluding hydrogens is 138 g/mol. The summed E-state index contributed by atoms with van der Waals surface area (Å²) in [5.41, 5.74) is 10.3. The van der Waals surface area contributed by atoms with E-state index in [0.29, 0.717) is 0 Å². The highest BCUT2D eigenvalue weighted by atomic mass is 16.7. The van der Waals surface area contributed by atoms with Gasteiger partial charge in [-0.05, 0) is 6.92 Å². The Morgan fingerprint density at radius 3 is 2.10 bits per heavy atom. The van der Waals surface area contributed by atoms with Gasteiger partial charge in [0.05, 0.1) is 6.04 Å². The van der Waals surface area contributed by atoms with E-state index < -0.39 is 18.4 Å². The van der Waals surface area contributed by atoms with E-state index in [1.165, 1.54) is 0 Å². The van der Waals surface area contributed by atoms with Crippen LogP contribution in [0.25, 0.3) is 0 Å². The Kier molecular flexibility index (Phi) is 5.92. The van der Waals surface area contributed by atoms with Crippen LogP contribution in [-0.4, -0.2) is 23.5 Å². The van der Waals surface area contributed by atoms with Gasteiger partial charge in [0.1, 0.15) is 0 Å². The van der Waals surface area contributed by atoms with Gasteiger partial charge < -0.3 is 21.7 Å². The normalized spacial score (nSPS) is 14.7. The fraction of sp³-hybridized carbons (Fsp3) is 0.750. The number of carboxylic acid groups (broad SMARTS) is 1. The topological polar surface area (TPSA) is 134 Å². The van der Waals surface area contributed by atoms with Crippen LogP contribution in [0.1, 0.15) is 6.92 Å². The summed E-state index contributed by atoms with van der Waals surface area (Å²) in [5.74, 6) is 0. The Morgan fingerprint density at radius 2 is 2.00 bits per heavy atom. The van der Waals surface area contributed by atoms with Crippen LogP contribution in [0.4, 0.5) is 4.79 Å². The van der Waals surface area contributed by atoms with E-state index >= 15 is 0 Å². The minimum absolute atomic E-state index is 0. The summed E-state index contributed by atoms with van der Waals surface area (Å²) < 4.78 is 4.08. The van der Waals surface area contributed by atoms with Gasteiger partial charge in [0.25, 0.3) is 0 Å². The molecule has 2 atom stereocenters. The van der Waals surface area contributed by atoms with E-state index in [2.05, 4.69) is 4.74 Å². The van der Waals surface area contributed by atoms with Crippen LogP contribution in [0.15, 0.2) is 0 Å². The lowest BCUT2D eigenvalue weighted by Gasteiger charge is -2.12. The first-order valence-corrected chi connectivity index (χ1v) is 2.44. The molecule has 0 aromatic heterocycles. The van der Waals surface area contributed by atoms with Crippen molar-refractivity contribution < 1.29 is 14.6 Å². The van der Waals surface area contributed by atoms with Crippen molar-refractivity contribution in [3.05, 3.63) is 0 Å². The van der Waals surface area contributed by atoms with E-state index in [1.54, 1.807) is 6.92 Å². The Morgan fingerprint density at radius 1 is 1.60 bits per heavy atom. The fourth-order valence-electron chi connectivity index (χ4n) is 0.224. The quantitative estimate of drug-likeness (QED) is 0.310. The fourth-order valence-corrected chi connectivity index (χ4v) is 0.224. The van der Waals surface area contributed by atoms with E-state index in [1.807, 2.05) is 0 Å². The molecule has 2 unspecified atom stereocenters. The average Bonchev–Trinajstić information content (AvgIpc) is 1.63. The van der Waals surface area contributed by atoms with Crippen LogP contribution in [-0.2, 0) is 4.74 Å². The molecule has 0 aromatic carbocycles. The zero-order chi connectivity index (χ0) is 7.44. The summed E-state index contributed by atoms with van der Waals surface area (Å²) >= 11 is 0. The number of ether oxygens (including phenoxy) is 1. The Bertz CT molecular complexity index is 106. The molecular formula is C4H13N3O3. The third-order valence-electron chi connectivity index (χ3n) is 0.755. The van der Waals surface area contributed by atoms with E-state index in [-0.39, 0.29) is 6.15 Å². The molecule has 62 valence electrons. The van der Waals surface area contributed by atoms with Crippen molar-refractivity contribution in [1.29, 1.82) is 0 Å². The molecule has 0 spiro atoms. The standard InChI is InChI=1S/C4H10N2O3.H3N/c1-2(5)3(6)9-4(7)8;/h2-3H,5-6H2,1H3,(H,7,8);1H3. The third-order valence-corrected chi connectivity index (χ3v) is 0.755. The number of carbonyl (C=O) groups is 1. The van der Waals surface area contributed by atoms with Crippen LogP contribution in [0.5, 0.6) is 0 Å². The van der Waals surface area contributed by atoms with E-state index in [4.69, 9.17) is 16.6 Å². The highest BCUT2D eigenvalue weighted by Gasteiger charge is 2.11. The second kappa shape index (κ2) is 4.98. The molecule has 0 aliphatic rings. The first kappa shape index (κ1) is 11.9. The monoisotopic (exact) mass is 151 g/mol. The van der Waals surface area contributed by atoms with Crippen molar-refractivity contribution in [1.82, 2.24) is 6.15 Å². The van der Waals surface area contributed by atoms with Crippen LogP contribution >= 0.6 is 0 Å². The molecule has 10 heavy (non-hydrogen) atoms. The second-order valence-electron chi connectivity index (χ2n) is 1.71. The zero-order valence-electron chi connectivity index (χ0n) is 5.78. The van der Waals surface area contributed by atoms with Crippen LogP contribution < -0.4 is 17.6 Å². The van der Waals surface area contributed by atoms with Crippen molar-refractivity contribution in [3.8, 4) is 0 Å². The van der Waals surface area contributed by atoms with E-state index in [9.17, 15) is 4.79 Å². The molecule has 0 aromatic rings. The van der Waals surface area contributed by atoms with Crippen molar-refractivity contribution in [2.24, 2.45) is 11.5 Å². The Labute approximate surface area is 58.7 Å². The molecule has 0 bridgehead atoms. The molecule has 0 aliphatic heterocycles. The van der Waals surface area contributed by atoms with Crippen LogP contribution in [0.2, 0.25) is 0 Å². The highest BCUT2D eigenvalue weighted by molar-refractivity contribution is 5.57. The molecule has 0 amide bonds. The van der Waals surface area contributed by atoms with Crippen LogP contribution in [0, 0.1) is 0 Å². The number of hydrogen-bond acceptors (Lipinski definition) is 5. The minimum atomic E-state index is -1.40. The SMILES string of the molecule is CC(N)C(N)OC(=O)O.N. The summed E-state index contributed by atoms with van der Waals surface area (Å²) in [7, 11) is 0. The van der Waals surface area contributed by atoms with Gasteiger partial charge in [0.15, 0.2) is 6.23 Å². The third kappa shape index (κ3) is 5.29. The molecule has 0 saturated carbocycles. The van der Waals surface area contributed by atoms with Gasteiger partial charge in [-0.3, -0.25) is 5.73 Å². The largest absolute Gasteiger partial charge is 0.507 e. The second-order valence-corrected chi connectivity index (χ2v) is 1.71. The van der Waals surface area contributed by atoms with Gasteiger partial charge in [0.2, 0.25) is 0 Å². The highest BCUT2D eigenvalue weighted by Crippen LogP contribution is 1.87. The average molecular weight is 151 g/mol. The summed E-state index contributed by atoms with van der Waals surface area (Å²) in [4.78, 5) is 9.76. The van der Waals surface area contributed by atoms with Crippen molar-refractivity contribution in [2.45, 2.75) is 19.2 Å². The summed E-state index contributed by atoms with van der Waals surface area (Å²) in [6, 6.07) is -0.471. The lowest BCUT2D eigenvalue weighted by Crippen LogP contribution is -2.42. The Balaban J connectivity index is 0. The summed E-state index contributed by atoms with van der Waals surface area (Å²) in [6.45, 7) is 1.56. The molecule has 8 N–H and O–H groups in total. The van der Waals surface area contributed by atoms with Gasteiger partial charge in [0, 0.05) is 0 Å². The maximum Gasteiger partial charge on any atom is 0.507 e. The van der Waals surface area contributed by atoms with Crippen molar-refractivity contribution >= 4 is 6.16 Å². The van der Waals surface area contributed by atoms with Crippen molar-refractivity contribution in [2.75, 3.05) is 0 Å². The lowest BCUT2D eigenvalue weighted by atomic mass is 10.3. The van der Waals surface area contributed by atoms with Gasteiger partial charge in [-0.25, -0.2) is 4.79 Å². The molecule has 0 radical (unpaired) electrons. The summed E-state index contributed by atoms with van der Waals surface area (Å²) in [5, 5.41) is 7.98. The summed E-state index contributed by atoms with van der Waals surface area (Å²) in [6.07, 6.45) is -2.33. The van der Waals surface area contributed by atoms with E-state index in [0.717, 1.165) is 0 Å². The molecule has 6 nitrogen and oxygen atoms in total. The van der Waals surface area contributed by atoms with Gasteiger partial charge in [-0.15, -0.1) is 0 Å². The van der Waals surface area contributed by atoms with Crippen molar-refractivity contribution in [3.63, 3.8) is 0 Å². The number of rotatable bonds is 2. The minimum Gasteiger partial charge on any atom is -0.450 e. The first-order chi connectivity index (χ1) is 4.04. The number of hydrogen-bond donors (Lipinski definition) is 4. The first-order valence-electron chi connectivity index (χ1n) is 2.44. The maximum atomic E-state index is 9.76. The Hall–Kier alpha value is -0.850. The maximum absolute atomic E-state index is 9.76. The molecule has 0 saturated heterocycles. The lowest BCUT2D eigenvalue weighted by molar-refractivity contribution is 0.0458. The number of nitrogens with two attached hydrogens (primary N) is 2. The predicted octanol–water partition coefficient (Wildman–Crippen LogP) is -0.525. The molecule has 0 fully saturated rings. The van der Waals surface area contributed by atoms with Crippen LogP contribution in [0.3, 0.4) is 0 Å². The zero-order valence-corrected chi connectivity index (χ0v) is 5.78. The van der Waals surface area contributed by atoms with Gasteiger partial charge in [-0.1, -0.05) is 0 Å². The molecule has 0 heterocycles.